The molecule has 2 amide bonds. The Labute approximate surface area is 210 Å². The topological polar surface area (TPSA) is 144 Å². The molecule has 0 saturated carbocycles. The Morgan fingerprint density at radius 1 is 1.17 bits per heavy atom. The predicted molar refractivity (Wildman–Crippen MR) is 131 cm³/mol. The minimum absolute atomic E-state index is 0.00745. The summed E-state index contributed by atoms with van der Waals surface area (Å²) in [5.74, 6) is -1.64. The van der Waals surface area contributed by atoms with Crippen LogP contribution in [0, 0.1) is 12.8 Å². The molecule has 1 aromatic rings. The summed E-state index contributed by atoms with van der Waals surface area (Å²) in [5.41, 5.74) is 0.925. The molecule has 3 atom stereocenters. The van der Waals surface area contributed by atoms with Gasteiger partial charge in [-0.15, -0.1) is 0 Å². The Morgan fingerprint density at radius 2 is 1.80 bits per heavy atom. The molecule has 1 aromatic carbocycles. The smallest absolute Gasteiger partial charge is 0.326 e. The fraction of sp³-hybridized carbons (Fsp3) is 0.609. The van der Waals surface area contributed by atoms with Gasteiger partial charge in [-0.3, -0.25) is 9.59 Å². The van der Waals surface area contributed by atoms with Gasteiger partial charge in [0.1, 0.15) is 12.1 Å². The number of aliphatic hydroxyl groups excluding tert-OH is 1. The lowest BCUT2D eigenvalue weighted by molar-refractivity contribution is -0.151. The van der Waals surface area contributed by atoms with Gasteiger partial charge in [0.2, 0.25) is 21.8 Å². The lowest BCUT2D eigenvalue weighted by Gasteiger charge is -2.35. The molecule has 12 heteroatoms. The number of likely N-dealkylation sites (tertiary alicyclic amines) is 2. The van der Waals surface area contributed by atoms with Gasteiger partial charge in [-0.2, -0.15) is 16.5 Å². The van der Waals surface area contributed by atoms with E-state index >= 15 is 0 Å². The number of benzene rings is 1. The van der Waals surface area contributed by atoms with Crippen molar-refractivity contribution in [2.75, 3.05) is 31.6 Å². The highest BCUT2D eigenvalue weighted by Gasteiger charge is 2.42. The van der Waals surface area contributed by atoms with Crippen LogP contribution in [-0.4, -0.2) is 96.0 Å². The van der Waals surface area contributed by atoms with Gasteiger partial charge in [0, 0.05) is 32.0 Å². The Bertz CT molecular complexity index is 1020. The van der Waals surface area contributed by atoms with Crippen LogP contribution in [0.3, 0.4) is 0 Å². The van der Waals surface area contributed by atoms with Gasteiger partial charge in [0.25, 0.3) is 0 Å². The maximum atomic E-state index is 13.3. The summed E-state index contributed by atoms with van der Waals surface area (Å²) in [6.07, 6.45) is 2.06. The average Bonchev–Trinajstić information content (AvgIpc) is 3.23. The summed E-state index contributed by atoms with van der Waals surface area (Å²) >= 11 is 1.51. The van der Waals surface area contributed by atoms with Crippen LogP contribution in [-0.2, 0) is 24.4 Å². The molecule has 194 valence electrons. The number of nitrogens with zero attached hydrogens (tertiary/aromatic N) is 2. The molecule has 3 rings (SSSR count). The third-order valence-electron chi connectivity index (χ3n) is 6.54. The number of hydrogen-bond donors (Lipinski definition) is 3. The van der Waals surface area contributed by atoms with Gasteiger partial charge >= 0.3 is 5.97 Å². The van der Waals surface area contributed by atoms with E-state index in [0.717, 1.165) is 5.56 Å². The van der Waals surface area contributed by atoms with Crippen LogP contribution in [0.2, 0.25) is 0 Å². The summed E-state index contributed by atoms with van der Waals surface area (Å²) in [6.45, 7) is 2.39. The number of amides is 2. The van der Waals surface area contributed by atoms with Gasteiger partial charge in [-0.05, 0) is 50.3 Å². The molecule has 0 radical (unpaired) electrons. The number of sulfonamides is 1. The van der Waals surface area contributed by atoms with E-state index in [4.69, 9.17) is 0 Å². The zero-order valence-electron chi connectivity index (χ0n) is 19.9. The van der Waals surface area contributed by atoms with E-state index in [0.29, 0.717) is 25.0 Å². The molecule has 2 fully saturated rings. The normalized spacial score (nSPS) is 22.3. The van der Waals surface area contributed by atoms with Crippen molar-refractivity contribution in [1.29, 1.82) is 0 Å². The van der Waals surface area contributed by atoms with E-state index in [-0.39, 0.29) is 42.8 Å². The molecule has 35 heavy (non-hydrogen) atoms. The number of carboxylic acids is 1. The maximum absolute atomic E-state index is 13.3. The summed E-state index contributed by atoms with van der Waals surface area (Å²) in [4.78, 5) is 40.6. The monoisotopic (exact) mass is 527 g/mol. The zero-order chi connectivity index (χ0) is 25.8. The van der Waals surface area contributed by atoms with Crippen LogP contribution < -0.4 is 4.72 Å². The van der Waals surface area contributed by atoms with Gasteiger partial charge in [0.05, 0.1) is 11.0 Å². The molecule has 2 heterocycles. The number of thioether (sulfide) groups is 1. The minimum atomic E-state index is -3.89. The fourth-order valence-corrected chi connectivity index (χ4v) is 6.23. The van der Waals surface area contributed by atoms with Crippen LogP contribution in [0.25, 0.3) is 0 Å². The number of piperidine rings is 1. The number of aliphatic carboxylic acids is 1. The molecule has 3 N–H and O–H groups in total. The number of aliphatic hydroxyl groups is 1. The number of carbonyl (C=O) groups excluding carboxylic acids is 2. The number of hydrogen-bond acceptors (Lipinski definition) is 7. The lowest BCUT2D eigenvalue weighted by Crippen LogP contribution is -2.52. The lowest BCUT2D eigenvalue weighted by atomic mass is 9.94. The Hall–Kier alpha value is -2.15. The summed E-state index contributed by atoms with van der Waals surface area (Å²) in [6, 6.07) is 4.44. The first kappa shape index (κ1) is 27.4. The summed E-state index contributed by atoms with van der Waals surface area (Å²) in [5, 5.41) is 19.2. The standard InChI is InChI=1S/C23H33N3O7S2/c1-15-3-5-18(6-4-15)35(32,33)24-19(9-12-34-2)22(29)25-10-7-16(8-11-25)21(28)26-14-17(27)13-20(26)23(30)31/h3-6,16-17,19-20,24,27H,7-14H2,1-2H3,(H,30,31)/t17-,19-,20+/m0/s1. The average molecular weight is 528 g/mol. The maximum Gasteiger partial charge on any atom is 0.326 e. The number of carboxylic acid groups (broad SMARTS) is 1. The second kappa shape index (κ2) is 11.7. The molecule has 0 spiro atoms. The fourth-order valence-electron chi connectivity index (χ4n) is 4.53. The summed E-state index contributed by atoms with van der Waals surface area (Å²) < 4.78 is 28.4. The minimum Gasteiger partial charge on any atom is -0.480 e. The molecular weight excluding hydrogens is 494 g/mol. The highest BCUT2D eigenvalue weighted by atomic mass is 32.2. The Balaban J connectivity index is 1.64. The second-order valence-electron chi connectivity index (χ2n) is 9.10. The molecular formula is C23H33N3O7S2. The van der Waals surface area contributed by atoms with Crippen molar-refractivity contribution < 1.29 is 33.0 Å². The third-order valence-corrected chi connectivity index (χ3v) is 8.67. The van der Waals surface area contributed by atoms with E-state index in [1.54, 1.807) is 17.0 Å². The molecule has 0 aromatic heterocycles. The van der Waals surface area contributed by atoms with Gasteiger partial charge in [-0.25, -0.2) is 13.2 Å². The van der Waals surface area contributed by atoms with Gasteiger partial charge in [0.15, 0.2) is 0 Å². The van der Waals surface area contributed by atoms with Crippen LogP contribution in [0.1, 0.15) is 31.2 Å². The van der Waals surface area contributed by atoms with Gasteiger partial charge in [-0.1, -0.05) is 17.7 Å². The van der Waals surface area contributed by atoms with Crippen molar-refractivity contribution in [3.63, 3.8) is 0 Å². The molecule has 0 unspecified atom stereocenters. The molecule has 10 nitrogen and oxygen atoms in total. The first-order valence-corrected chi connectivity index (χ1v) is 14.5. The zero-order valence-corrected chi connectivity index (χ0v) is 21.6. The van der Waals surface area contributed by atoms with Crippen LogP contribution in [0.4, 0.5) is 0 Å². The number of β-amino-alcohol motifs (C(OH)–C–C–N with tert-alkyl or cyclic N) is 1. The van der Waals surface area contributed by atoms with Gasteiger partial charge < -0.3 is 20.0 Å². The van der Waals surface area contributed by atoms with Crippen LogP contribution in [0.15, 0.2) is 29.2 Å². The quantitative estimate of drug-likeness (QED) is 0.425. The summed E-state index contributed by atoms with van der Waals surface area (Å²) in [7, 11) is -3.89. The number of nitrogens with one attached hydrogen (secondary N) is 1. The highest BCUT2D eigenvalue weighted by molar-refractivity contribution is 7.98. The third kappa shape index (κ3) is 6.75. The van der Waals surface area contributed by atoms with Crippen LogP contribution in [0.5, 0.6) is 0 Å². The molecule has 2 aliphatic rings. The van der Waals surface area contributed by atoms with Crippen LogP contribution >= 0.6 is 11.8 Å². The van der Waals surface area contributed by atoms with E-state index in [2.05, 4.69) is 4.72 Å². The number of rotatable bonds is 9. The van der Waals surface area contributed by atoms with Crippen molar-refractivity contribution in [2.45, 2.75) is 55.7 Å². The van der Waals surface area contributed by atoms with E-state index in [1.165, 1.54) is 28.8 Å². The molecule has 0 aliphatic carbocycles. The number of aryl methyl sites for hydroxylation is 1. The first-order valence-electron chi connectivity index (χ1n) is 11.6. The highest BCUT2D eigenvalue weighted by Crippen LogP contribution is 2.26. The number of carbonyl (C=O) groups is 3. The largest absolute Gasteiger partial charge is 0.480 e. The molecule has 2 saturated heterocycles. The van der Waals surface area contributed by atoms with Crippen molar-refractivity contribution in [3.05, 3.63) is 29.8 Å². The Morgan fingerprint density at radius 3 is 2.37 bits per heavy atom. The van der Waals surface area contributed by atoms with Crippen molar-refractivity contribution >= 4 is 39.6 Å². The van der Waals surface area contributed by atoms with Crippen molar-refractivity contribution in [1.82, 2.24) is 14.5 Å². The van der Waals surface area contributed by atoms with E-state index < -0.39 is 40.1 Å². The van der Waals surface area contributed by atoms with E-state index in [1.807, 2.05) is 13.2 Å². The molecule has 0 bridgehead atoms. The second-order valence-corrected chi connectivity index (χ2v) is 11.8. The SMILES string of the molecule is CSCC[C@H](NS(=O)(=O)c1ccc(C)cc1)C(=O)N1CCC(C(=O)N2C[C@@H](O)C[C@@H]2C(=O)O)CC1. The molecule has 2 aliphatic heterocycles. The first-order chi connectivity index (χ1) is 16.5. The van der Waals surface area contributed by atoms with Crippen molar-refractivity contribution in [3.8, 4) is 0 Å². The Kier molecular flexibility index (Phi) is 9.19. The van der Waals surface area contributed by atoms with Crippen molar-refractivity contribution in [2.24, 2.45) is 5.92 Å². The predicted octanol–water partition coefficient (Wildman–Crippen LogP) is 0.680. The van der Waals surface area contributed by atoms with E-state index in [9.17, 15) is 33.0 Å².